The van der Waals surface area contributed by atoms with Gasteiger partial charge in [0.25, 0.3) is 5.91 Å². The molecule has 2 aromatic rings. The number of hydrogen-bond acceptors (Lipinski definition) is 4. The average Bonchev–Trinajstić information content (AvgIpc) is 2.73. The second kappa shape index (κ2) is 10.0. The molecule has 0 saturated carbocycles. The normalized spacial score (nSPS) is 15.9. The number of carbonyl (C=O) groups excluding carboxylic acids is 1. The largest absolute Gasteiger partial charge is 0.300 e. The van der Waals surface area contributed by atoms with Gasteiger partial charge in [0.15, 0.2) is 0 Å². The number of nitrogens with one attached hydrogen (secondary N) is 1. The van der Waals surface area contributed by atoms with E-state index in [2.05, 4.69) is 52.3 Å². The number of rotatable bonds is 7. The van der Waals surface area contributed by atoms with Crippen molar-refractivity contribution in [3.8, 4) is 0 Å². The highest BCUT2D eigenvalue weighted by Gasteiger charge is 2.16. The Morgan fingerprint density at radius 1 is 0.926 bits per heavy atom. The molecule has 1 amide bonds. The quantitative estimate of drug-likeness (QED) is 0.450. The Bertz CT molecular complexity index is 736. The van der Waals surface area contributed by atoms with E-state index in [1.54, 1.807) is 11.6 Å². The first-order chi connectivity index (χ1) is 13.2. The van der Waals surface area contributed by atoms with Crippen LogP contribution in [0.25, 0.3) is 6.08 Å². The van der Waals surface area contributed by atoms with Crippen LogP contribution in [0.3, 0.4) is 0 Å². The summed E-state index contributed by atoms with van der Waals surface area (Å²) in [7, 11) is 0. The molecule has 27 heavy (non-hydrogen) atoms. The molecule has 1 aliphatic heterocycles. The van der Waals surface area contributed by atoms with E-state index in [1.807, 2.05) is 12.1 Å². The van der Waals surface area contributed by atoms with Crippen LogP contribution in [0, 0.1) is 0 Å². The van der Waals surface area contributed by atoms with Crippen molar-refractivity contribution in [2.45, 2.75) is 13.0 Å². The Morgan fingerprint density at radius 3 is 2.26 bits per heavy atom. The Hall–Kier alpha value is -2.47. The van der Waals surface area contributed by atoms with Crippen molar-refractivity contribution < 1.29 is 10.0 Å². The van der Waals surface area contributed by atoms with Gasteiger partial charge in [-0.1, -0.05) is 54.6 Å². The molecule has 0 spiro atoms. The molecule has 0 radical (unpaired) electrons. The van der Waals surface area contributed by atoms with E-state index in [0.29, 0.717) is 0 Å². The third-order valence-corrected chi connectivity index (χ3v) is 4.95. The van der Waals surface area contributed by atoms with Gasteiger partial charge in [-0.25, -0.2) is 5.48 Å². The molecule has 0 atom stereocenters. The van der Waals surface area contributed by atoms with Crippen molar-refractivity contribution in [2.24, 2.45) is 0 Å². The maximum Gasteiger partial charge on any atom is 0.267 e. The lowest BCUT2D eigenvalue weighted by atomic mass is 10.1. The first-order valence-electron chi connectivity index (χ1n) is 9.42. The van der Waals surface area contributed by atoms with Gasteiger partial charge in [0.2, 0.25) is 0 Å². The van der Waals surface area contributed by atoms with E-state index in [-0.39, 0.29) is 0 Å². The fourth-order valence-electron chi connectivity index (χ4n) is 3.30. The van der Waals surface area contributed by atoms with Gasteiger partial charge in [0, 0.05) is 45.3 Å². The molecule has 3 rings (SSSR count). The molecule has 1 aliphatic rings. The van der Waals surface area contributed by atoms with Gasteiger partial charge in [0.1, 0.15) is 0 Å². The minimum absolute atomic E-state index is 0.524. The third-order valence-electron chi connectivity index (χ3n) is 4.95. The molecular weight excluding hydrogens is 338 g/mol. The van der Waals surface area contributed by atoms with Crippen molar-refractivity contribution in [1.29, 1.82) is 0 Å². The topological polar surface area (TPSA) is 55.8 Å². The minimum Gasteiger partial charge on any atom is -0.300 e. The Labute approximate surface area is 160 Å². The molecule has 1 fully saturated rings. The highest BCUT2D eigenvalue weighted by molar-refractivity contribution is 5.90. The van der Waals surface area contributed by atoms with Gasteiger partial charge in [-0.2, -0.15) is 0 Å². The molecule has 0 aromatic heterocycles. The number of piperazine rings is 1. The summed E-state index contributed by atoms with van der Waals surface area (Å²) in [5.41, 5.74) is 5.21. The van der Waals surface area contributed by atoms with Crippen LogP contribution in [-0.4, -0.2) is 53.6 Å². The summed E-state index contributed by atoms with van der Waals surface area (Å²) < 4.78 is 0. The van der Waals surface area contributed by atoms with E-state index < -0.39 is 5.91 Å². The van der Waals surface area contributed by atoms with Crippen LogP contribution in [0.15, 0.2) is 60.7 Å². The SMILES string of the molecule is O=C(/C=C/c1ccc(CN2CCN(CCc3ccccc3)CC2)cc1)NO. The second-order valence-electron chi connectivity index (χ2n) is 6.90. The predicted molar refractivity (Wildman–Crippen MR) is 107 cm³/mol. The third kappa shape index (κ3) is 6.32. The molecule has 0 unspecified atom stereocenters. The van der Waals surface area contributed by atoms with Gasteiger partial charge in [-0.05, 0) is 29.2 Å². The average molecular weight is 365 g/mol. The molecule has 1 heterocycles. The van der Waals surface area contributed by atoms with Gasteiger partial charge < -0.3 is 4.90 Å². The number of hydroxylamine groups is 1. The van der Waals surface area contributed by atoms with Crippen molar-refractivity contribution in [2.75, 3.05) is 32.7 Å². The molecular formula is C22H27N3O2. The maximum absolute atomic E-state index is 11.0. The van der Waals surface area contributed by atoms with E-state index >= 15 is 0 Å². The fourth-order valence-corrected chi connectivity index (χ4v) is 3.30. The first kappa shape index (κ1) is 19.3. The lowest BCUT2D eigenvalue weighted by molar-refractivity contribution is -0.124. The number of benzene rings is 2. The number of nitrogens with zero attached hydrogens (tertiary/aromatic N) is 2. The van der Waals surface area contributed by atoms with Crippen molar-refractivity contribution in [3.63, 3.8) is 0 Å². The van der Waals surface area contributed by atoms with E-state index in [0.717, 1.165) is 51.3 Å². The van der Waals surface area contributed by atoms with Gasteiger partial charge in [-0.3, -0.25) is 14.9 Å². The van der Waals surface area contributed by atoms with Crippen molar-refractivity contribution >= 4 is 12.0 Å². The van der Waals surface area contributed by atoms with Crippen LogP contribution >= 0.6 is 0 Å². The number of carbonyl (C=O) groups is 1. The zero-order valence-electron chi connectivity index (χ0n) is 15.6. The molecule has 5 nitrogen and oxygen atoms in total. The van der Waals surface area contributed by atoms with Crippen LogP contribution in [0.5, 0.6) is 0 Å². The highest BCUT2D eigenvalue weighted by atomic mass is 16.5. The minimum atomic E-state index is -0.524. The predicted octanol–water partition coefficient (Wildman–Crippen LogP) is 2.57. The Kier molecular flexibility index (Phi) is 7.16. The molecule has 142 valence electrons. The summed E-state index contributed by atoms with van der Waals surface area (Å²) in [5, 5.41) is 8.49. The monoisotopic (exact) mass is 365 g/mol. The summed E-state index contributed by atoms with van der Waals surface area (Å²) in [6.07, 6.45) is 4.11. The summed E-state index contributed by atoms with van der Waals surface area (Å²) in [5.74, 6) is -0.524. The van der Waals surface area contributed by atoms with Crippen LogP contribution in [0.4, 0.5) is 0 Å². The lowest BCUT2D eigenvalue weighted by Gasteiger charge is -2.34. The Morgan fingerprint density at radius 2 is 1.59 bits per heavy atom. The number of hydrogen-bond donors (Lipinski definition) is 2. The summed E-state index contributed by atoms with van der Waals surface area (Å²) >= 11 is 0. The maximum atomic E-state index is 11.0. The first-order valence-corrected chi connectivity index (χ1v) is 9.42. The van der Waals surface area contributed by atoms with Gasteiger partial charge in [-0.15, -0.1) is 0 Å². The molecule has 5 heteroatoms. The molecule has 0 aliphatic carbocycles. The smallest absolute Gasteiger partial charge is 0.267 e. The highest BCUT2D eigenvalue weighted by Crippen LogP contribution is 2.12. The molecule has 1 saturated heterocycles. The summed E-state index contributed by atoms with van der Waals surface area (Å²) in [4.78, 5) is 16.0. The fraction of sp³-hybridized carbons (Fsp3) is 0.318. The standard InChI is InChI=1S/C22H27N3O2/c26-22(23-27)11-10-20-6-8-21(9-7-20)18-25-16-14-24(15-17-25)13-12-19-4-2-1-3-5-19/h1-11,27H,12-18H2,(H,23,26)/b11-10+. The molecule has 2 N–H and O–H groups in total. The summed E-state index contributed by atoms with van der Waals surface area (Å²) in [6, 6.07) is 18.9. The van der Waals surface area contributed by atoms with Crippen molar-refractivity contribution in [1.82, 2.24) is 15.3 Å². The molecule has 2 aromatic carbocycles. The second-order valence-corrected chi connectivity index (χ2v) is 6.90. The van der Waals surface area contributed by atoms with E-state index in [9.17, 15) is 4.79 Å². The van der Waals surface area contributed by atoms with E-state index in [1.165, 1.54) is 17.2 Å². The van der Waals surface area contributed by atoms with Gasteiger partial charge in [0.05, 0.1) is 0 Å². The van der Waals surface area contributed by atoms with Gasteiger partial charge >= 0.3 is 0 Å². The van der Waals surface area contributed by atoms with Crippen LogP contribution in [-0.2, 0) is 17.8 Å². The Balaban J connectivity index is 1.41. The van der Waals surface area contributed by atoms with E-state index in [4.69, 9.17) is 5.21 Å². The van der Waals surface area contributed by atoms with Crippen LogP contribution < -0.4 is 5.48 Å². The van der Waals surface area contributed by atoms with Crippen molar-refractivity contribution in [3.05, 3.63) is 77.4 Å². The number of amides is 1. The molecule has 0 bridgehead atoms. The van der Waals surface area contributed by atoms with Crippen LogP contribution in [0.2, 0.25) is 0 Å². The van der Waals surface area contributed by atoms with Crippen LogP contribution in [0.1, 0.15) is 16.7 Å². The summed E-state index contributed by atoms with van der Waals surface area (Å²) in [6.45, 7) is 6.49. The zero-order chi connectivity index (χ0) is 18.9. The zero-order valence-corrected chi connectivity index (χ0v) is 15.6. The lowest BCUT2D eigenvalue weighted by Crippen LogP contribution is -2.46.